The molecule has 0 heterocycles. The average molecular weight is 284 g/mol. The maximum atomic E-state index is 8.25. The monoisotopic (exact) mass is 284 g/mol. The molecule has 0 rings (SSSR count). The molecule has 0 unspecified atom stereocenters. The van der Waals surface area contributed by atoms with Crippen LogP contribution in [0, 0.1) is 0 Å². The topological polar surface area (TPSA) is 23.1 Å². The van der Waals surface area contributed by atoms with Crippen LogP contribution in [0.1, 0.15) is 90.9 Å². The molecule has 1 nitrogen and oxygen atoms in total. The minimum absolute atomic E-state index is 0.750. The molecule has 0 spiro atoms. The van der Waals surface area contributed by atoms with Crippen molar-refractivity contribution in [2.75, 3.05) is 7.11 Å². The van der Waals surface area contributed by atoms with E-state index >= 15 is 0 Å². The second kappa shape index (κ2) is 23.6. The SMILES string of the molecule is CCCCCCC[CH2][Al+][CH2]CCCCCCC.C[O-]. The number of hydrogen-bond acceptors (Lipinski definition) is 1. The van der Waals surface area contributed by atoms with Gasteiger partial charge in [-0.2, -0.15) is 7.11 Å². The second-order valence-electron chi connectivity index (χ2n) is 5.40. The van der Waals surface area contributed by atoms with Crippen LogP contribution >= 0.6 is 0 Å². The molecule has 0 aromatic carbocycles. The maximum Gasteiger partial charge on any atom is -0.153 e. The molecule has 0 radical (unpaired) electrons. The third-order valence-electron chi connectivity index (χ3n) is 3.52. The van der Waals surface area contributed by atoms with Crippen molar-refractivity contribution in [2.45, 2.75) is 101 Å². The normalized spacial score (nSPS) is 9.68. The van der Waals surface area contributed by atoms with Crippen molar-refractivity contribution in [3.8, 4) is 0 Å². The van der Waals surface area contributed by atoms with Crippen molar-refractivity contribution in [1.29, 1.82) is 0 Å². The molecule has 2 heteroatoms. The van der Waals surface area contributed by atoms with Crippen LogP contribution in [0.25, 0.3) is 0 Å². The summed E-state index contributed by atoms with van der Waals surface area (Å²) < 4.78 is 0. The van der Waals surface area contributed by atoms with Gasteiger partial charge in [0, 0.05) is 0 Å². The smallest absolute Gasteiger partial charge is 0.153 e. The first-order valence-electron chi connectivity index (χ1n) is 8.64. The fourth-order valence-electron chi connectivity index (χ4n) is 2.28. The van der Waals surface area contributed by atoms with Crippen molar-refractivity contribution < 1.29 is 5.11 Å². The van der Waals surface area contributed by atoms with Crippen LogP contribution in [0.2, 0.25) is 10.6 Å². The van der Waals surface area contributed by atoms with Crippen molar-refractivity contribution >= 4 is 15.2 Å². The molecular weight excluding hydrogens is 247 g/mol. The van der Waals surface area contributed by atoms with E-state index in [0.717, 1.165) is 22.3 Å². The van der Waals surface area contributed by atoms with Crippen LogP contribution in [-0.2, 0) is 0 Å². The molecule has 19 heavy (non-hydrogen) atoms. The van der Waals surface area contributed by atoms with Gasteiger partial charge in [-0.15, -0.1) is 0 Å². The van der Waals surface area contributed by atoms with Crippen LogP contribution < -0.4 is 5.11 Å². The van der Waals surface area contributed by atoms with Gasteiger partial charge in [0.2, 0.25) is 0 Å². The molecule has 0 saturated heterocycles. The Balaban J connectivity index is 0. The molecule has 0 aromatic rings. The summed E-state index contributed by atoms with van der Waals surface area (Å²) in [6.07, 6.45) is 17.6. The molecule has 0 aliphatic heterocycles. The molecule has 0 amide bonds. The molecule has 0 aliphatic rings. The van der Waals surface area contributed by atoms with Crippen LogP contribution in [0.15, 0.2) is 0 Å². The summed E-state index contributed by atoms with van der Waals surface area (Å²) in [5.41, 5.74) is 0. The molecule has 0 fully saturated rings. The summed E-state index contributed by atoms with van der Waals surface area (Å²) in [4.78, 5) is 0. The van der Waals surface area contributed by atoms with Gasteiger partial charge in [-0.1, -0.05) is 0 Å². The van der Waals surface area contributed by atoms with Gasteiger partial charge in [0.05, 0.1) is 0 Å². The molecule has 0 aromatic heterocycles. The van der Waals surface area contributed by atoms with Gasteiger partial charge in [0.15, 0.2) is 0 Å². The van der Waals surface area contributed by atoms with Crippen LogP contribution in [-0.4, -0.2) is 22.3 Å². The van der Waals surface area contributed by atoms with Crippen molar-refractivity contribution in [3.05, 3.63) is 0 Å². The van der Waals surface area contributed by atoms with E-state index in [1.54, 1.807) is 10.6 Å². The minimum atomic E-state index is 0.750. The van der Waals surface area contributed by atoms with Crippen molar-refractivity contribution in [3.63, 3.8) is 0 Å². The standard InChI is InChI=1S/2C8H17.CH3O.Al/c2*1-3-5-7-8-6-4-2;1-2;/h2*1,3-8H2,2H3;1H3;/q;;-1;+1. The number of rotatable bonds is 14. The van der Waals surface area contributed by atoms with Crippen molar-refractivity contribution in [1.82, 2.24) is 0 Å². The molecular formula is C17H37AlO. The van der Waals surface area contributed by atoms with Crippen LogP contribution in [0.4, 0.5) is 0 Å². The van der Waals surface area contributed by atoms with Crippen LogP contribution in [0.3, 0.4) is 0 Å². The number of hydrogen-bond donors (Lipinski definition) is 0. The van der Waals surface area contributed by atoms with E-state index in [-0.39, 0.29) is 0 Å². The Morgan fingerprint density at radius 1 is 0.526 bits per heavy atom. The van der Waals surface area contributed by atoms with E-state index in [1.807, 2.05) is 0 Å². The second-order valence-corrected chi connectivity index (χ2v) is 7.13. The Morgan fingerprint density at radius 3 is 1.21 bits per heavy atom. The third-order valence-corrected chi connectivity index (χ3v) is 5.16. The zero-order valence-corrected chi connectivity index (χ0v) is 15.0. The predicted molar refractivity (Wildman–Crippen MR) is 88.0 cm³/mol. The van der Waals surface area contributed by atoms with E-state index in [1.165, 1.54) is 77.0 Å². The molecule has 0 atom stereocenters. The zero-order chi connectivity index (χ0) is 14.6. The van der Waals surface area contributed by atoms with E-state index in [2.05, 4.69) is 13.8 Å². The summed E-state index contributed by atoms with van der Waals surface area (Å²) in [7, 11) is 0.750. The Bertz CT molecular complexity index is 114. The van der Waals surface area contributed by atoms with Gasteiger partial charge >= 0.3 is 117 Å². The average Bonchev–Trinajstić information content (AvgIpc) is 2.46. The minimum Gasteiger partial charge on any atom is -0.857 e. The summed E-state index contributed by atoms with van der Waals surface area (Å²) in [5.74, 6) is 0. The van der Waals surface area contributed by atoms with E-state index < -0.39 is 0 Å². The molecule has 0 aliphatic carbocycles. The maximum absolute atomic E-state index is 8.25. The van der Waals surface area contributed by atoms with Crippen molar-refractivity contribution in [2.24, 2.45) is 0 Å². The summed E-state index contributed by atoms with van der Waals surface area (Å²) >= 11 is 0.794. The fraction of sp³-hybridized carbons (Fsp3) is 1.00. The molecule has 0 bridgehead atoms. The third kappa shape index (κ3) is 23.9. The van der Waals surface area contributed by atoms with Gasteiger partial charge in [0.25, 0.3) is 0 Å². The first-order chi connectivity index (χ1) is 9.41. The fourth-order valence-corrected chi connectivity index (χ4v) is 3.73. The van der Waals surface area contributed by atoms with Gasteiger partial charge in [-0.3, -0.25) is 0 Å². The largest absolute Gasteiger partial charge is 0.857 e. The van der Waals surface area contributed by atoms with Gasteiger partial charge in [-0.25, -0.2) is 0 Å². The molecule has 0 N–H and O–H groups in total. The van der Waals surface area contributed by atoms with Gasteiger partial charge < -0.3 is 5.11 Å². The van der Waals surface area contributed by atoms with Gasteiger partial charge in [0.1, 0.15) is 0 Å². The summed E-state index contributed by atoms with van der Waals surface area (Å²) in [5, 5.41) is 11.4. The Morgan fingerprint density at radius 2 is 0.842 bits per heavy atom. The van der Waals surface area contributed by atoms with E-state index in [9.17, 15) is 0 Å². The van der Waals surface area contributed by atoms with E-state index in [0.29, 0.717) is 0 Å². The zero-order valence-electron chi connectivity index (χ0n) is 13.9. The molecule has 114 valence electrons. The van der Waals surface area contributed by atoms with Gasteiger partial charge in [-0.05, 0) is 0 Å². The first kappa shape index (κ1) is 21.8. The first-order valence-corrected chi connectivity index (χ1v) is 10.3. The van der Waals surface area contributed by atoms with E-state index in [4.69, 9.17) is 5.11 Å². The van der Waals surface area contributed by atoms with Crippen LogP contribution in [0.5, 0.6) is 0 Å². The quantitative estimate of drug-likeness (QED) is 0.316. The Labute approximate surface area is 129 Å². The number of unbranched alkanes of at least 4 members (excludes halogenated alkanes) is 10. The molecule has 0 saturated carbocycles. The Kier molecular flexibility index (Phi) is 27.0. The summed E-state index contributed by atoms with van der Waals surface area (Å²) in [6.45, 7) is 4.59. The predicted octanol–water partition coefficient (Wildman–Crippen LogP) is 5.22. The summed E-state index contributed by atoms with van der Waals surface area (Å²) in [6, 6.07) is 0. The Hall–Kier alpha value is 0.492.